The Morgan fingerprint density at radius 3 is 2.39 bits per heavy atom. The van der Waals surface area contributed by atoms with Gasteiger partial charge in [-0.3, -0.25) is 4.79 Å². The highest BCUT2D eigenvalue weighted by atomic mass is 35.5. The summed E-state index contributed by atoms with van der Waals surface area (Å²) in [5.74, 6) is 0.0852. The topological polar surface area (TPSA) is 77.0 Å². The SMILES string of the molecule is COc1ccc(C(=O)ON=C2CC3(C(=O)Nc4ccc(Cl)cc4C)CCC2(C)C3(C)C)cc1. The van der Waals surface area contributed by atoms with Crippen molar-refractivity contribution in [2.45, 2.75) is 47.0 Å². The summed E-state index contributed by atoms with van der Waals surface area (Å²) in [5.41, 5.74) is 1.45. The number of benzene rings is 2. The highest BCUT2D eigenvalue weighted by molar-refractivity contribution is 6.30. The number of fused-ring (bicyclic) bond motifs is 2. The number of nitrogens with one attached hydrogen (secondary N) is 1. The monoisotopic (exact) mass is 468 g/mol. The minimum atomic E-state index is -0.640. The lowest BCUT2D eigenvalue weighted by molar-refractivity contribution is -0.130. The van der Waals surface area contributed by atoms with Crippen molar-refractivity contribution < 1.29 is 19.2 Å². The van der Waals surface area contributed by atoms with Crippen LogP contribution in [0.3, 0.4) is 0 Å². The van der Waals surface area contributed by atoms with Gasteiger partial charge in [0.2, 0.25) is 5.91 Å². The fourth-order valence-electron chi connectivity index (χ4n) is 5.41. The van der Waals surface area contributed by atoms with Gasteiger partial charge in [-0.2, -0.15) is 0 Å². The molecule has 2 aliphatic carbocycles. The van der Waals surface area contributed by atoms with Crippen LogP contribution in [0.15, 0.2) is 47.6 Å². The molecular weight excluding hydrogens is 440 g/mol. The van der Waals surface area contributed by atoms with E-state index in [2.05, 4.69) is 31.2 Å². The van der Waals surface area contributed by atoms with Gasteiger partial charge in [0, 0.05) is 22.5 Å². The molecule has 2 fully saturated rings. The number of carbonyl (C=O) groups is 2. The average Bonchev–Trinajstić information content (AvgIpc) is 3.10. The van der Waals surface area contributed by atoms with E-state index in [9.17, 15) is 9.59 Å². The van der Waals surface area contributed by atoms with Crippen LogP contribution in [0, 0.1) is 23.2 Å². The Labute approximate surface area is 199 Å². The second-order valence-corrected chi connectivity index (χ2v) is 10.2. The Morgan fingerprint density at radius 1 is 1.06 bits per heavy atom. The number of nitrogens with zero attached hydrogens (tertiary/aromatic N) is 1. The van der Waals surface area contributed by atoms with Crippen molar-refractivity contribution in [1.82, 2.24) is 0 Å². The zero-order valence-corrected chi connectivity index (χ0v) is 20.4. The van der Waals surface area contributed by atoms with Crippen molar-refractivity contribution in [3.05, 3.63) is 58.6 Å². The standard InChI is InChI=1S/C26H29ClN2O4/c1-16-14-18(27)8-11-20(16)28-23(31)26-13-12-25(4,24(26,2)3)21(15-26)29-33-22(30)17-6-9-19(32-5)10-7-17/h6-11,14H,12-13,15H2,1-5H3,(H,28,31). The van der Waals surface area contributed by atoms with E-state index in [0.29, 0.717) is 22.8 Å². The van der Waals surface area contributed by atoms with Crippen molar-refractivity contribution >= 4 is 34.9 Å². The summed E-state index contributed by atoms with van der Waals surface area (Å²) in [5, 5.41) is 8.05. The van der Waals surface area contributed by atoms with Gasteiger partial charge in [-0.25, -0.2) is 4.79 Å². The van der Waals surface area contributed by atoms with Gasteiger partial charge in [0.15, 0.2) is 0 Å². The third-order valence-electron chi connectivity index (χ3n) is 8.17. The molecule has 2 aromatic rings. The van der Waals surface area contributed by atoms with Crippen molar-refractivity contribution in [3.8, 4) is 5.75 Å². The molecule has 2 aromatic carbocycles. The number of aryl methyl sites for hydroxylation is 1. The van der Waals surface area contributed by atoms with Gasteiger partial charge < -0.3 is 14.9 Å². The Kier molecular flexibility index (Phi) is 5.77. The predicted molar refractivity (Wildman–Crippen MR) is 129 cm³/mol. The number of ether oxygens (including phenoxy) is 1. The minimum Gasteiger partial charge on any atom is -0.497 e. The molecular formula is C26H29ClN2O4. The van der Waals surface area contributed by atoms with Crippen LogP contribution in [0.5, 0.6) is 5.75 Å². The van der Waals surface area contributed by atoms with E-state index in [1.54, 1.807) is 37.4 Å². The van der Waals surface area contributed by atoms with Crippen LogP contribution < -0.4 is 10.1 Å². The van der Waals surface area contributed by atoms with Crippen LogP contribution in [-0.4, -0.2) is 24.7 Å². The second-order valence-electron chi connectivity index (χ2n) is 9.77. The quantitative estimate of drug-likeness (QED) is 0.429. The summed E-state index contributed by atoms with van der Waals surface area (Å²) in [7, 11) is 1.57. The van der Waals surface area contributed by atoms with Gasteiger partial charge in [0.05, 0.1) is 23.8 Å². The van der Waals surface area contributed by atoms with E-state index in [1.807, 2.05) is 19.1 Å². The van der Waals surface area contributed by atoms with E-state index >= 15 is 0 Å². The van der Waals surface area contributed by atoms with Crippen LogP contribution in [0.1, 0.15) is 56.0 Å². The number of oxime groups is 1. The van der Waals surface area contributed by atoms with Gasteiger partial charge in [-0.05, 0) is 73.2 Å². The molecule has 33 heavy (non-hydrogen) atoms. The number of rotatable bonds is 5. The summed E-state index contributed by atoms with van der Waals surface area (Å²) in [6, 6.07) is 12.1. The highest BCUT2D eigenvalue weighted by Gasteiger charge is 2.71. The molecule has 174 valence electrons. The lowest BCUT2D eigenvalue weighted by Crippen LogP contribution is -2.43. The molecule has 2 saturated carbocycles. The molecule has 2 aliphatic rings. The summed E-state index contributed by atoms with van der Waals surface area (Å²) in [4.78, 5) is 31.5. The number of anilines is 1. The number of methoxy groups -OCH3 is 1. The number of amides is 1. The zero-order chi connectivity index (χ0) is 24.0. The Balaban J connectivity index is 1.57. The molecule has 7 heteroatoms. The summed E-state index contributed by atoms with van der Waals surface area (Å²) < 4.78 is 5.12. The third-order valence-corrected chi connectivity index (χ3v) is 8.40. The normalized spacial score (nSPS) is 26.3. The molecule has 0 heterocycles. The second kappa shape index (κ2) is 8.17. The maximum atomic E-state index is 13.6. The van der Waals surface area contributed by atoms with Crippen molar-refractivity contribution in [2.24, 2.45) is 21.4 Å². The molecule has 4 rings (SSSR count). The van der Waals surface area contributed by atoms with E-state index < -0.39 is 11.4 Å². The lowest BCUT2D eigenvalue weighted by atomic mass is 9.64. The Morgan fingerprint density at radius 2 is 1.76 bits per heavy atom. The van der Waals surface area contributed by atoms with E-state index in [-0.39, 0.29) is 16.7 Å². The van der Waals surface area contributed by atoms with Gasteiger partial charge in [-0.15, -0.1) is 0 Å². The zero-order valence-electron chi connectivity index (χ0n) is 19.6. The highest BCUT2D eigenvalue weighted by Crippen LogP contribution is 2.71. The maximum Gasteiger partial charge on any atom is 0.365 e. The Hall–Kier alpha value is -2.86. The van der Waals surface area contributed by atoms with Crippen molar-refractivity contribution in [2.75, 3.05) is 12.4 Å². The molecule has 1 amide bonds. The minimum absolute atomic E-state index is 0.0340. The van der Waals surface area contributed by atoms with Crippen LogP contribution in [0.2, 0.25) is 5.02 Å². The number of carbonyl (C=O) groups excluding carboxylic acids is 2. The van der Waals surface area contributed by atoms with Gasteiger partial charge in [0.1, 0.15) is 5.75 Å². The first kappa shape index (κ1) is 23.3. The Bertz CT molecular complexity index is 1140. The predicted octanol–water partition coefficient (Wildman–Crippen LogP) is 6.02. The molecule has 2 unspecified atom stereocenters. The molecule has 2 bridgehead atoms. The molecule has 0 aromatic heterocycles. The van der Waals surface area contributed by atoms with Crippen LogP contribution >= 0.6 is 11.6 Å². The van der Waals surface area contributed by atoms with Crippen LogP contribution in [0.25, 0.3) is 0 Å². The fraction of sp³-hybridized carbons (Fsp3) is 0.423. The molecule has 0 aliphatic heterocycles. The molecule has 0 radical (unpaired) electrons. The molecule has 6 nitrogen and oxygen atoms in total. The van der Waals surface area contributed by atoms with Crippen LogP contribution in [0.4, 0.5) is 5.69 Å². The first-order chi connectivity index (χ1) is 15.5. The molecule has 2 atom stereocenters. The number of halogens is 1. The van der Waals surface area contributed by atoms with E-state index in [4.69, 9.17) is 21.2 Å². The summed E-state index contributed by atoms with van der Waals surface area (Å²) in [6.07, 6.45) is 2.00. The first-order valence-corrected chi connectivity index (χ1v) is 11.4. The summed E-state index contributed by atoms with van der Waals surface area (Å²) >= 11 is 6.07. The number of hydrogen-bond donors (Lipinski definition) is 1. The van der Waals surface area contributed by atoms with Gasteiger partial charge in [0.25, 0.3) is 0 Å². The van der Waals surface area contributed by atoms with Crippen molar-refractivity contribution in [3.63, 3.8) is 0 Å². The molecule has 1 N–H and O–H groups in total. The van der Waals surface area contributed by atoms with Crippen LogP contribution in [-0.2, 0) is 9.63 Å². The largest absolute Gasteiger partial charge is 0.497 e. The maximum absolute atomic E-state index is 13.6. The number of hydrogen-bond acceptors (Lipinski definition) is 5. The lowest BCUT2D eigenvalue weighted by Gasteiger charge is -2.39. The van der Waals surface area contributed by atoms with Crippen molar-refractivity contribution in [1.29, 1.82) is 0 Å². The molecule has 0 spiro atoms. The van der Waals surface area contributed by atoms with E-state index in [1.165, 1.54) is 0 Å². The van der Waals surface area contributed by atoms with Gasteiger partial charge >= 0.3 is 5.97 Å². The smallest absolute Gasteiger partial charge is 0.365 e. The first-order valence-electron chi connectivity index (χ1n) is 11.0. The third kappa shape index (κ3) is 3.61. The van der Waals surface area contributed by atoms with Gasteiger partial charge in [-0.1, -0.05) is 37.5 Å². The average molecular weight is 469 g/mol. The van der Waals surface area contributed by atoms with E-state index in [0.717, 1.165) is 29.8 Å². The summed E-state index contributed by atoms with van der Waals surface area (Å²) in [6.45, 7) is 8.26. The fourth-order valence-corrected chi connectivity index (χ4v) is 5.63. The molecule has 0 saturated heterocycles.